The molecule has 0 amide bonds. The number of benzene rings is 2. The molecule has 2 unspecified atom stereocenters. The summed E-state index contributed by atoms with van der Waals surface area (Å²) >= 11 is 0. The Morgan fingerprint density at radius 3 is 2.38 bits per heavy atom. The molecule has 1 heterocycles. The minimum Gasteiger partial charge on any atom is -0.346 e. The molecule has 21 heavy (non-hydrogen) atoms. The van der Waals surface area contributed by atoms with Gasteiger partial charge in [0.2, 0.25) is 5.79 Å². The molecule has 0 bridgehead atoms. The van der Waals surface area contributed by atoms with Crippen LogP contribution in [0.1, 0.15) is 36.8 Å². The summed E-state index contributed by atoms with van der Waals surface area (Å²) in [4.78, 5) is 0. The molecule has 2 aromatic carbocycles. The molecule has 1 fully saturated rings. The van der Waals surface area contributed by atoms with Gasteiger partial charge in [-0.15, -0.1) is 0 Å². The molecule has 2 nitrogen and oxygen atoms in total. The van der Waals surface area contributed by atoms with E-state index in [4.69, 9.17) is 9.47 Å². The summed E-state index contributed by atoms with van der Waals surface area (Å²) < 4.78 is 12.4. The molecule has 0 radical (unpaired) electrons. The zero-order valence-corrected chi connectivity index (χ0v) is 12.5. The van der Waals surface area contributed by atoms with Crippen LogP contribution in [-0.2, 0) is 15.3 Å². The topological polar surface area (TPSA) is 18.5 Å². The first-order valence-electron chi connectivity index (χ1n) is 7.75. The molecule has 0 spiro atoms. The van der Waals surface area contributed by atoms with Crippen LogP contribution >= 0.6 is 0 Å². The Balaban J connectivity index is 2.07. The summed E-state index contributed by atoms with van der Waals surface area (Å²) in [6.45, 7) is 3.42. The fourth-order valence-electron chi connectivity index (χ4n) is 3.27. The van der Waals surface area contributed by atoms with Crippen molar-refractivity contribution in [1.29, 1.82) is 0 Å². The lowest BCUT2D eigenvalue weighted by atomic mass is 9.81. The van der Waals surface area contributed by atoms with Gasteiger partial charge in [-0.2, -0.15) is 0 Å². The van der Waals surface area contributed by atoms with Crippen molar-refractivity contribution in [3.8, 4) is 0 Å². The lowest BCUT2D eigenvalue weighted by Gasteiger charge is -2.44. The molecule has 2 aromatic rings. The summed E-state index contributed by atoms with van der Waals surface area (Å²) in [6, 6.07) is 20.9. The van der Waals surface area contributed by atoms with Gasteiger partial charge in [-0.1, -0.05) is 60.7 Å². The van der Waals surface area contributed by atoms with Gasteiger partial charge >= 0.3 is 0 Å². The van der Waals surface area contributed by atoms with Gasteiger partial charge in [-0.05, 0) is 25.3 Å². The van der Waals surface area contributed by atoms with Crippen molar-refractivity contribution in [2.45, 2.75) is 31.5 Å². The zero-order chi connectivity index (χ0) is 14.5. The van der Waals surface area contributed by atoms with Crippen molar-refractivity contribution in [2.75, 3.05) is 13.2 Å². The molecule has 1 saturated heterocycles. The predicted octanol–water partition coefficient (Wildman–Crippen LogP) is 4.47. The van der Waals surface area contributed by atoms with E-state index in [1.807, 2.05) is 13.0 Å². The van der Waals surface area contributed by atoms with Gasteiger partial charge < -0.3 is 9.47 Å². The minimum atomic E-state index is -0.657. The van der Waals surface area contributed by atoms with Gasteiger partial charge in [0, 0.05) is 18.1 Å². The molecule has 0 N–H and O–H groups in total. The maximum absolute atomic E-state index is 6.24. The van der Waals surface area contributed by atoms with Crippen LogP contribution in [-0.4, -0.2) is 13.2 Å². The first kappa shape index (κ1) is 14.3. The SMILES string of the molecule is CCOC1(c2ccccc2)OCCCC1c1ccccc1. The molecule has 110 valence electrons. The smallest absolute Gasteiger partial charge is 0.201 e. The normalized spacial score (nSPS) is 25.7. The summed E-state index contributed by atoms with van der Waals surface area (Å²) in [6.07, 6.45) is 2.15. The van der Waals surface area contributed by atoms with Crippen LogP contribution in [0.5, 0.6) is 0 Å². The van der Waals surface area contributed by atoms with E-state index in [-0.39, 0.29) is 5.92 Å². The first-order valence-corrected chi connectivity index (χ1v) is 7.75. The largest absolute Gasteiger partial charge is 0.346 e. The van der Waals surface area contributed by atoms with Crippen molar-refractivity contribution >= 4 is 0 Å². The van der Waals surface area contributed by atoms with Gasteiger partial charge in [0.25, 0.3) is 0 Å². The second kappa shape index (κ2) is 6.42. The highest BCUT2D eigenvalue weighted by Crippen LogP contribution is 2.46. The molecule has 0 aliphatic carbocycles. The maximum Gasteiger partial charge on any atom is 0.201 e. The molecule has 1 aliphatic rings. The van der Waals surface area contributed by atoms with Crippen LogP contribution in [0, 0.1) is 0 Å². The van der Waals surface area contributed by atoms with Crippen LogP contribution in [0.25, 0.3) is 0 Å². The Kier molecular flexibility index (Phi) is 4.37. The predicted molar refractivity (Wildman–Crippen MR) is 84.1 cm³/mol. The van der Waals surface area contributed by atoms with E-state index in [1.165, 1.54) is 5.56 Å². The second-order valence-corrected chi connectivity index (χ2v) is 5.42. The fourth-order valence-corrected chi connectivity index (χ4v) is 3.27. The number of ether oxygens (including phenoxy) is 2. The summed E-state index contributed by atoms with van der Waals surface area (Å²) in [5.41, 5.74) is 2.40. The van der Waals surface area contributed by atoms with Crippen LogP contribution in [0.15, 0.2) is 60.7 Å². The summed E-state index contributed by atoms with van der Waals surface area (Å²) in [7, 11) is 0. The Hall–Kier alpha value is -1.64. The second-order valence-electron chi connectivity index (χ2n) is 5.42. The third-order valence-corrected chi connectivity index (χ3v) is 4.15. The van der Waals surface area contributed by atoms with Crippen molar-refractivity contribution in [3.63, 3.8) is 0 Å². The van der Waals surface area contributed by atoms with Crippen LogP contribution in [0.4, 0.5) is 0 Å². The Bertz CT molecular complexity index is 548. The van der Waals surface area contributed by atoms with Gasteiger partial charge in [0.05, 0.1) is 6.61 Å². The van der Waals surface area contributed by atoms with Crippen molar-refractivity contribution in [2.24, 2.45) is 0 Å². The minimum absolute atomic E-state index is 0.231. The standard InChI is InChI=1S/C19H22O2/c1-2-20-19(17-12-7-4-8-13-17)18(14-9-15-21-19)16-10-5-3-6-11-16/h3-8,10-13,18H,2,9,14-15H2,1H3. The molecule has 2 heteroatoms. The third-order valence-electron chi connectivity index (χ3n) is 4.15. The van der Waals surface area contributed by atoms with Crippen molar-refractivity contribution in [3.05, 3.63) is 71.8 Å². The third kappa shape index (κ3) is 2.74. The fraction of sp³-hybridized carbons (Fsp3) is 0.368. The van der Waals surface area contributed by atoms with E-state index >= 15 is 0 Å². The van der Waals surface area contributed by atoms with Crippen LogP contribution in [0.3, 0.4) is 0 Å². The van der Waals surface area contributed by atoms with Crippen LogP contribution in [0.2, 0.25) is 0 Å². The van der Waals surface area contributed by atoms with Crippen LogP contribution < -0.4 is 0 Å². The van der Waals surface area contributed by atoms with Gasteiger partial charge in [-0.25, -0.2) is 0 Å². The number of hydrogen-bond acceptors (Lipinski definition) is 2. The van der Waals surface area contributed by atoms with E-state index in [9.17, 15) is 0 Å². The highest BCUT2D eigenvalue weighted by Gasteiger charge is 2.45. The van der Waals surface area contributed by atoms with E-state index < -0.39 is 5.79 Å². The van der Waals surface area contributed by atoms with E-state index in [0.717, 1.165) is 25.0 Å². The van der Waals surface area contributed by atoms with Gasteiger partial charge in [0.15, 0.2) is 0 Å². The molecule has 0 aromatic heterocycles. The number of rotatable bonds is 4. The van der Waals surface area contributed by atoms with Gasteiger partial charge in [0.1, 0.15) is 0 Å². The molecule has 1 aliphatic heterocycles. The van der Waals surface area contributed by atoms with Crippen molar-refractivity contribution in [1.82, 2.24) is 0 Å². The summed E-state index contributed by atoms with van der Waals surface area (Å²) in [5.74, 6) is -0.426. The zero-order valence-electron chi connectivity index (χ0n) is 12.5. The molecule has 0 saturated carbocycles. The average molecular weight is 282 g/mol. The Labute approximate surface area is 126 Å². The van der Waals surface area contributed by atoms with Gasteiger partial charge in [-0.3, -0.25) is 0 Å². The van der Waals surface area contributed by atoms with E-state index in [0.29, 0.717) is 6.61 Å². The van der Waals surface area contributed by atoms with E-state index in [2.05, 4.69) is 54.6 Å². The Morgan fingerprint density at radius 1 is 1.05 bits per heavy atom. The maximum atomic E-state index is 6.24. The molecular weight excluding hydrogens is 260 g/mol. The first-order chi connectivity index (χ1) is 10.4. The van der Waals surface area contributed by atoms with E-state index in [1.54, 1.807) is 0 Å². The molecule has 2 atom stereocenters. The monoisotopic (exact) mass is 282 g/mol. The molecule has 3 rings (SSSR count). The lowest BCUT2D eigenvalue weighted by Crippen LogP contribution is -2.43. The Morgan fingerprint density at radius 2 is 1.71 bits per heavy atom. The quantitative estimate of drug-likeness (QED) is 0.823. The highest BCUT2D eigenvalue weighted by atomic mass is 16.7. The summed E-state index contributed by atoms with van der Waals surface area (Å²) in [5, 5.41) is 0. The molecular formula is C19H22O2. The lowest BCUT2D eigenvalue weighted by molar-refractivity contribution is -0.275. The average Bonchev–Trinajstić information content (AvgIpc) is 2.57. The number of hydrogen-bond donors (Lipinski definition) is 0. The van der Waals surface area contributed by atoms with Crippen molar-refractivity contribution < 1.29 is 9.47 Å². The highest BCUT2D eigenvalue weighted by molar-refractivity contribution is 5.30.